The molecule has 4 aliphatic carbocycles. The number of allylic oxidation sites excluding steroid dienone is 8. The lowest BCUT2D eigenvalue weighted by Gasteiger charge is -2.38. The van der Waals surface area contributed by atoms with Gasteiger partial charge in [0.25, 0.3) is 0 Å². The van der Waals surface area contributed by atoms with E-state index in [-0.39, 0.29) is 5.41 Å². The van der Waals surface area contributed by atoms with E-state index in [0.29, 0.717) is 0 Å². The van der Waals surface area contributed by atoms with Crippen LogP contribution in [0.1, 0.15) is 22.3 Å². The largest absolute Gasteiger partial charge is 0.143 e. The van der Waals surface area contributed by atoms with Gasteiger partial charge in [-0.25, -0.2) is 0 Å². The number of fused-ring (bicyclic) bond motifs is 8. The van der Waals surface area contributed by atoms with Gasteiger partial charge >= 0.3 is 0 Å². The van der Waals surface area contributed by atoms with Crippen LogP contribution in [0.4, 0.5) is 0 Å². The smallest absolute Gasteiger partial charge is 0.0583 e. The number of hydrogen-bond acceptors (Lipinski definition) is 2. The van der Waals surface area contributed by atoms with Gasteiger partial charge in [-0.3, -0.25) is 0 Å². The summed E-state index contributed by atoms with van der Waals surface area (Å²) in [5.41, 5.74) is 9.92. The molecule has 128 valence electrons. The molecule has 0 heterocycles. The predicted molar refractivity (Wildman–Crippen MR) is 121 cm³/mol. The zero-order valence-electron chi connectivity index (χ0n) is 14.5. The zero-order chi connectivity index (χ0) is 18.2. The number of benzene rings is 2. The van der Waals surface area contributed by atoms with Gasteiger partial charge in [0.15, 0.2) is 0 Å². The van der Waals surface area contributed by atoms with Gasteiger partial charge in [-0.15, -0.1) is 25.3 Å². The van der Waals surface area contributed by atoms with Gasteiger partial charge in [0.1, 0.15) is 0 Å². The Balaban J connectivity index is 1.63. The average molecular weight is 381 g/mol. The molecule has 0 bridgehead atoms. The fourth-order valence-electron chi connectivity index (χ4n) is 4.80. The summed E-state index contributed by atoms with van der Waals surface area (Å²) in [6.45, 7) is 0. The molecule has 0 nitrogen and oxygen atoms in total. The first-order valence-electron chi connectivity index (χ1n) is 9.08. The first-order valence-corrected chi connectivity index (χ1v) is 9.97. The van der Waals surface area contributed by atoms with Crippen LogP contribution in [0.15, 0.2) is 93.8 Å². The van der Waals surface area contributed by atoms with Gasteiger partial charge in [0.2, 0.25) is 0 Å². The highest BCUT2D eigenvalue weighted by Gasteiger charge is 2.45. The third-order valence-corrected chi connectivity index (χ3v) is 6.76. The van der Waals surface area contributed by atoms with Crippen molar-refractivity contribution in [3.05, 3.63) is 116 Å². The third-order valence-electron chi connectivity index (χ3n) is 6.01. The Labute approximate surface area is 169 Å². The summed E-state index contributed by atoms with van der Waals surface area (Å²) in [7, 11) is 0. The summed E-state index contributed by atoms with van der Waals surface area (Å²) in [6, 6.07) is 17.2. The van der Waals surface area contributed by atoms with Gasteiger partial charge in [-0.1, -0.05) is 72.8 Å². The monoisotopic (exact) mass is 380 g/mol. The summed E-state index contributed by atoms with van der Waals surface area (Å²) in [5.74, 6) is 0. The van der Waals surface area contributed by atoms with Crippen LogP contribution in [0, 0.1) is 5.41 Å². The summed E-state index contributed by atoms with van der Waals surface area (Å²) in [4.78, 5) is 2.06. The van der Waals surface area contributed by atoms with Crippen LogP contribution < -0.4 is 0 Å². The Kier molecular flexibility index (Phi) is 3.07. The van der Waals surface area contributed by atoms with Crippen LogP contribution in [0.25, 0.3) is 23.3 Å². The molecule has 0 unspecified atom stereocenters. The van der Waals surface area contributed by atoms with Crippen LogP contribution in [0.5, 0.6) is 0 Å². The molecule has 0 amide bonds. The van der Waals surface area contributed by atoms with Crippen molar-refractivity contribution in [2.45, 2.75) is 0 Å². The first-order chi connectivity index (χ1) is 13.2. The molecule has 0 aliphatic heterocycles. The van der Waals surface area contributed by atoms with Crippen LogP contribution in [-0.4, -0.2) is 0 Å². The van der Waals surface area contributed by atoms with Gasteiger partial charge in [-0.05, 0) is 45.6 Å². The van der Waals surface area contributed by atoms with Crippen molar-refractivity contribution in [2.24, 2.45) is 5.41 Å². The Morgan fingerprint density at radius 2 is 1.04 bits per heavy atom. The molecule has 27 heavy (non-hydrogen) atoms. The van der Waals surface area contributed by atoms with E-state index in [9.17, 15) is 0 Å². The van der Waals surface area contributed by atoms with Crippen molar-refractivity contribution in [1.82, 2.24) is 0 Å². The number of thiol groups is 2. The van der Waals surface area contributed by atoms with E-state index in [1.165, 1.54) is 44.5 Å². The highest BCUT2D eigenvalue weighted by atomic mass is 32.1. The molecular weight excluding hydrogens is 364 g/mol. The Morgan fingerprint density at radius 3 is 1.52 bits per heavy atom. The van der Waals surface area contributed by atoms with Crippen LogP contribution in [-0.2, 0) is 0 Å². The first kappa shape index (κ1) is 15.6. The lowest BCUT2D eigenvalue weighted by Crippen LogP contribution is -2.25. The quantitative estimate of drug-likeness (QED) is 0.473. The normalized spacial score (nSPS) is 20.4. The van der Waals surface area contributed by atoms with E-state index in [0.717, 1.165) is 9.81 Å². The number of rotatable bonds is 0. The van der Waals surface area contributed by atoms with E-state index in [1.807, 2.05) is 0 Å². The molecule has 0 aromatic heterocycles. The molecule has 0 N–H and O–H groups in total. The van der Waals surface area contributed by atoms with Crippen LogP contribution in [0.3, 0.4) is 0 Å². The summed E-state index contributed by atoms with van der Waals surface area (Å²) in [5, 5.41) is 0. The molecule has 4 aliphatic rings. The maximum atomic E-state index is 4.81. The van der Waals surface area contributed by atoms with Crippen molar-refractivity contribution in [2.75, 3.05) is 0 Å². The number of hydrogen-bond donors (Lipinski definition) is 2. The lowest BCUT2D eigenvalue weighted by atomic mass is 9.65. The molecule has 6 rings (SSSR count). The van der Waals surface area contributed by atoms with Crippen molar-refractivity contribution < 1.29 is 0 Å². The zero-order valence-corrected chi connectivity index (χ0v) is 16.3. The van der Waals surface area contributed by atoms with Gasteiger partial charge < -0.3 is 0 Å². The molecule has 0 fully saturated rings. The fraction of sp³-hybridized carbons (Fsp3) is 0.0400. The Hall–Kier alpha value is -2.42. The van der Waals surface area contributed by atoms with Crippen molar-refractivity contribution >= 4 is 48.6 Å². The molecule has 2 aromatic rings. The van der Waals surface area contributed by atoms with E-state index >= 15 is 0 Å². The second kappa shape index (κ2) is 5.31. The van der Waals surface area contributed by atoms with Gasteiger partial charge in [-0.2, -0.15) is 0 Å². The SMILES string of the molecule is SC1=C2C(=Cc3ccccc32)C2(C=C1)C=CC(S)=C1C2=Cc2ccccc21. The maximum absolute atomic E-state index is 4.81. The highest BCUT2D eigenvalue weighted by molar-refractivity contribution is 7.85. The van der Waals surface area contributed by atoms with E-state index in [1.54, 1.807) is 0 Å². The molecule has 0 atom stereocenters. The van der Waals surface area contributed by atoms with Crippen LogP contribution >= 0.6 is 25.3 Å². The summed E-state index contributed by atoms with van der Waals surface area (Å²) >= 11 is 9.62. The van der Waals surface area contributed by atoms with Gasteiger partial charge in [0, 0.05) is 21.0 Å². The van der Waals surface area contributed by atoms with E-state index < -0.39 is 0 Å². The van der Waals surface area contributed by atoms with E-state index in [2.05, 4.69) is 85.0 Å². The predicted octanol–water partition coefficient (Wildman–Crippen LogP) is 6.59. The molecule has 2 aromatic carbocycles. The highest BCUT2D eigenvalue weighted by Crippen LogP contribution is 2.61. The lowest BCUT2D eigenvalue weighted by molar-refractivity contribution is 0.752. The molecule has 0 radical (unpaired) electrons. The molecule has 1 spiro atoms. The Morgan fingerprint density at radius 1 is 0.593 bits per heavy atom. The van der Waals surface area contributed by atoms with Gasteiger partial charge in [0.05, 0.1) is 5.41 Å². The standard InChI is InChI=1S/C25H16S2/c26-21-9-11-25(19-13-15-5-1-3-7-17(15)23(19)21)12-10-22(27)24-18-8-4-2-6-16(18)14-20(24)25/h1-14,26-27H. The minimum atomic E-state index is -0.277. The average Bonchev–Trinajstić information content (AvgIpc) is 3.28. The second-order valence-electron chi connectivity index (χ2n) is 7.35. The second-order valence-corrected chi connectivity index (χ2v) is 8.31. The Bertz CT molecular complexity index is 1130. The molecule has 2 heteroatoms. The summed E-state index contributed by atoms with van der Waals surface area (Å²) < 4.78 is 0. The maximum Gasteiger partial charge on any atom is 0.0583 e. The molecule has 0 saturated heterocycles. The van der Waals surface area contributed by atoms with Crippen LogP contribution in [0.2, 0.25) is 0 Å². The van der Waals surface area contributed by atoms with Crippen molar-refractivity contribution in [3.8, 4) is 0 Å². The minimum Gasteiger partial charge on any atom is -0.143 e. The van der Waals surface area contributed by atoms with Crippen molar-refractivity contribution in [3.63, 3.8) is 0 Å². The molecule has 0 saturated carbocycles. The molecular formula is C25H16S2. The van der Waals surface area contributed by atoms with E-state index in [4.69, 9.17) is 25.3 Å². The fourth-order valence-corrected chi connectivity index (χ4v) is 5.43. The minimum absolute atomic E-state index is 0.277. The summed E-state index contributed by atoms with van der Waals surface area (Å²) in [6.07, 6.45) is 13.6. The van der Waals surface area contributed by atoms with Crippen molar-refractivity contribution in [1.29, 1.82) is 0 Å². The third kappa shape index (κ3) is 1.92. The topological polar surface area (TPSA) is 0 Å².